The van der Waals surface area contributed by atoms with E-state index in [1.807, 2.05) is 0 Å². The molecule has 0 spiro atoms. The first-order valence-electron chi connectivity index (χ1n) is 10.1. The van der Waals surface area contributed by atoms with Gasteiger partial charge < -0.3 is 26.0 Å². The molecule has 166 valence electrons. The van der Waals surface area contributed by atoms with Gasteiger partial charge in [-0.2, -0.15) is 0 Å². The smallest absolute Gasteiger partial charge is 0.220 e. The van der Waals surface area contributed by atoms with Crippen molar-refractivity contribution in [2.45, 2.75) is 38.5 Å². The molecule has 0 aliphatic rings. The summed E-state index contributed by atoms with van der Waals surface area (Å²) in [5.74, 6) is -0.394. The molecule has 9 nitrogen and oxygen atoms in total. The minimum absolute atomic E-state index is 0.0270. The topological polar surface area (TPSA) is 148 Å². The molecule has 5 N–H and O–H groups in total. The maximum absolute atomic E-state index is 11.9. The minimum Gasteiger partial charge on any atom is -0.508 e. The van der Waals surface area contributed by atoms with Gasteiger partial charge in [-0.3, -0.25) is 9.59 Å². The zero-order valence-corrected chi connectivity index (χ0v) is 17.1. The Labute approximate surface area is 180 Å². The summed E-state index contributed by atoms with van der Waals surface area (Å²) < 4.78 is 0. The number of aromatic hydroxyl groups is 3. The summed E-state index contributed by atoms with van der Waals surface area (Å²) in [6.07, 6.45) is 2.55. The lowest BCUT2D eigenvalue weighted by Gasteiger charge is -2.08. The van der Waals surface area contributed by atoms with E-state index in [1.54, 1.807) is 12.1 Å². The van der Waals surface area contributed by atoms with Crippen molar-refractivity contribution in [1.82, 2.24) is 10.6 Å². The van der Waals surface area contributed by atoms with Crippen LogP contribution in [0.4, 0.5) is 5.69 Å². The molecule has 2 aromatic rings. The van der Waals surface area contributed by atoms with Crippen molar-refractivity contribution in [1.29, 1.82) is 0 Å². The standard InChI is InChI=1S/C22H27N3O6/c26-17-7-3-15(19(13-17)25-31)5-9-21(29)23-11-1-2-12-24-22(30)10-6-16-4-8-18(27)14-20(16)28/h3-4,7-8,13-14,26-28H,1-2,5-6,9-12H2,(H,23,29)(H,24,30). The SMILES string of the molecule is O=Nc1cc(O)ccc1CCC(=O)NCCCCNC(=O)CCc1ccc(O)cc1O. The lowest BCUT2D eigenvalue weighted by molar-refractivity contribution is -0.122. The Morgan fingerprint density at radius 2 is 1.29 bits per heavy atom. The zero-order chi connectivity index (χ0) is 22.6. The van der Waals surface area contributed by atoms with E-state index in [4.69, 9.17) is 0 Å². The average molecular weight is 429 g/mol. The number of rotatable bonds is 12. The Morgan fingerprint density at radius 3 is 1.84 bits per heavy atom. The maximum atomic E-state index is 11.9. The van der Waals surface area contributed by atoms with Crippen LogP contribution in [0.2, 0.25) is 0 Å². The number of unbranched alkanes of at least 4 members (excludes halogenated alkanes) is 1. The Balaban J connectivity index is 1.55. The van der Waals surface area contributed by atoms with Crippen LogP contribution in [-0.2, 0) is 22.4 Å². The van der Waals surface area contributed by atoms with E-state index < -0.39 is 0 Å². The number of nitroso groups, excluding NO2 is 1. The fourth-order valence-electron chi connectivity index (χ4n) is 2.99. The van der Waals surface area contributed by atoms with E-state index >= 15 is 0 Å². The average Bonchev–Trinajstić information content (AvgIpc) is 2.74. The van der Waals surface area contributed by atoms with Crippen LogP contribution in [-0.4, -0.2) is 40.2 Å². The van der Waals surface area contributed by atoms with Crippen LogP contribution in [0.25, 0.3) is 0 Å². The van der Waals surface area contributed by atoms with Crippen molar-refractivity contribution >= 4 is 17.5 Å². The van der Waals surface area contributed by atoms with Gasteiger partial charge in [-0.1, -0.05) is 12.1 Å². The van der Waals surface area contributed by atoms with Crippen LogP contribution in [0.3, 0.4) is 0 Å². The van der Waals surface area contributed by atoms with E-state index in [0.717, 1.165) is 0 Å². The summed E-state index contributed by atoms with van der Waals surface area (Å²) in [4.78, 5) is 34.6. The van der Waals surface area contributed by atoms with Crippen LogP contribution in [0.15, 0.2) is 41.6 Å². The first-order chi connectivity index (χ1) is 14.9. The maximum Gasteiger partial charge on any atom is 0.220 e. The molecular weight excluding hydrogens is 402 g/mol. The number of nitrogens with zero attached hydrogens (tertiary/aromatic N) is 1. The number of carbonyl (C=O) groups is 2. The van der Waals surface area contributed by atoms with Gasteiger partial charge in [0.2, 0.25) is 11.8 Å². The second-order valence-electron chi connectivity index (χ2n) is 7.12. The highest BCUT2D eigenvalue weighted by molar-refractivity contribution is 5.76. The summed E-state index contributed by atoms with van der Waals surface area (Å²) in [5, 5.41) is 36.8. The predicted octanol–water partition coefficient (Wildman–Crippen LogP) is 2.78. The highest BCUT2D eigenvalue weighted by Gasteiger charge is 2.08. The second kappa shape index (κ2) is 12.2. The van der Waals surface area contributed by atoms with Gasteiger partial charge >= 0.3 is 0 Å². The van der Waals surface area contributed by atoms with Crippen LogP contribution in [0, 0.1) is 4.91 Å². The van der Waals surface area contributed by atoms with Crippen LogP contribution in [0.5, 0.6) is 17.2 Å². The molecule has 0 aliphatic carbocycles. The molecule has 0 radical (unpaired) electrons. The van der Waals surface area contributed by atoms with Crippen LogP contribution >= 0.6 is 0 Å². The Kier molecular flexibility index (Phi) is 9.28. The fraction of sp³-hybridized carbons (Fsp3) is 0.364. The third kappa shape index (κ3) is 8.33. The number of phenolic OH excluding ortho intramolecular Hbond substituents is 3. The van der Waals surface area contributed by atoms with E-state index in [1.165, 1.54) is 24.3 Å². The van der Waals surface area contributed by atoms with E-state index in [9.17, 15) is 29.8 Å². The third-order valence-electron chi connectivity index (χ3n) is 4.73. The molecule has 2 amide bonds. The minimum atomic E-state index is -0.150. The molecule has 2 aromatic carbocycles. The quantitative estimate of drug-likeness (QED) is 0.259. The molecule has 0 atom stereocenters. The fourth-order valence-corrected chi connectivity index (χ4v) is 2.99. The molecule has 0 fully saturated rings. The molecule has 0 aromatic heterocycles. The van der Waals surface area contributed by atoms with Gasteiger partial charge in [0.05, 0.1) is 0 Å². The van der Waals surface area contributed by atoms with E-state index in [2.05, 4.69) is 15.8 Å². The number of aryl methyl sites for hydroxylation is 2. The normalized spacial score (nSPS) is 10.5. The van der Waals surface area contributed by atoms with E-state index in [-0.39, 0.29) is 47.6 Å². The summed E-state index contributed by atoms with van der Waals surface area (Å²) in [5.41, 5.74) is 1.33. The zero-order valence-electron chi connectivity index (χ0n) is 17.1. The summed E-state index contributed by atoms with van der Waals surface area (Å²) in [7, 11) is 0. The number of hydrogen-bond donors (Lipinski definition) is 5. The van der Waals surface area contributed by atoms with Gasteiger partial charge in [0.1, 0.15) is 22.9 Å². The number of carbonyl (C=O) groups excluding carboxylic acids is 2. The Hall–Kier alpha value is -3.62. The van der Waals surface area contributed by atoms with Crippen LogP contribution in [0.1, 0.15) is 36.8 Å². The number of amides is 2. The molecule has 0 bridgehead atoms. The van der Waals surface area contributed by atoms with Gasteiger partial charge in [0.15, 0.2) is 0 Å². The molecule has 9 heteroatoms. The third-order valence-corrected chi connectivity index (χ3v) is 4.73. The van der Waals surface area contributed by atoms with Gasteiger partial charge in [-0.25, -0.2) is 0 Å². The van der Waals surface area contributed by atoms with E-state index in [0.29, 0.717) is 49.9 Å². The first-order valence-corrected chi connectivity index (χ1v) is 10.1. The lowest BCUT2D eigenvalue weighted by atomic mass is 10.1. The molecule has 0 unspecified atom stereocenters. The van der Waals surface area contributed by atoms with Crippen molar-refractivity contribution in [2.24, 2.45) is 5.18 Å². The van der Waals surface area contributed by atoms with Gasteiger partial charge in [0.25, 0.3) is 0 Å². The van der Waals surface area contributed by atoms with Crippen LogP contribution < -0.4 is 10.6 Å². The van der Waals surface area contributed by atoms with Crippen molar-refractivity contribution in [3.05, 3.63) is 52.4 Å². The molecule has 0 aliphatic heterocycles. The number of hydrogen-bond acceptors (Lipinski definition) is 7. The second-order valence-corrected chi connectivity index (χ2v) is 7.12. The summed E-state index contributed by atoms with van der Waals surface area (Å²) >= 11 is 0. The van der Waals surface area contributed by atoms with Gasteiger partial charge in [-0.05, 0) is 54.1 Å². The molecular formula is C22H27N3O6. The van der Waals surface area contributed by atoms with Gasteiger partial charge in [-0.15, -0.1) is 4.91 Å². The number of nitrogens with one attached hydrogen (secondary N) is 2. The molecule has 2 rings (SSSR count). The van der Waals surface area contributed by atoms with Crippen molar-refractivity contribution in [3.8, 4) is 17.2 Å². The Morgan fingerprint density at radius 1 is 0.774 bits per heavy atom. The molecule has 0 heterocycles. The van der Waals surface area contributed by atoms with Crippen molar-refractivity contribution < 1.29 is 24.9 Å². The molecule has 31 heavy (non-hydrogen) atoms. The Bertz CT molecular complexity index is 916. The lowest BCUT2D eigenvalue weighted by Crippen LogP contribution is -2.27. The summed E-state index contributed by atoms with van der Waals surface area (Å²) in [6, 6.07) is 8.57. The highest BCUT2D eigenvalue weighted by Crippen LogP contribution is 2.25. The first kappa shape index (κ1) is 23.7. The number of phenols is 3. The molecule has 0 saturated carbocycles. The number of benzene rings is 2. The van der Waals surface area contributed by atoms with Crippen molar-refractivity contribution in [3.63, 3.8) is 0 Å². The largest absolute Gasteiger partial charge is 0.508 e. The predicted molar refractivity (Wildman–Crippen MR) is 115 cm³/mol. The molecule has 0 saturated heterocycles. The highest BCUT2D eigenvalue weighted by atomic mass is 16.3. The monoisotopic (exact) mass is 429 g/mol. The van der Waals surface area contributed by atoms with Gasteiger partial charge in [0, 0.05) is 38.1 Å². The van der Waals surface area contributed by atoms with Crippen molar-refractivity contribution in [2.75, 3.05) is 13.1 Å². The summed E-state index contributed by atoms with van der Waals surface area (Å²) in [6.45, 7) is 0.961.